The second-order valence-electron chi connectivity index (χ2n) is 5.08. The van der Waals surface area contributed by atoms with Crippen molar-refractivity contribution < 1.29 is 17.9 Å². The topological polar surface area (TPSA) is 63.7 Å². The van der Waals surface area contributed by atoms with Gasteiger partial charge in [0.2, 0.25) is 5.91 Å². The monoisotopic (exact) mass is 375 g/mol. The van der Waals surface area contributed by atoms with Crippen LogP contribution in [0.1, 0.15) is 26.2 Å². The molecule has 1 amide bonds. The summed E-state index contributed by atoms with van der Waals surface area (Å²) in [6, 6.07) is 4.74. The first-order chi connectivity index (χ1) is 9.90. The van der Waals surface area contributed by atoms with E-state index >= 15 is 0 Å². The molecule has 0 bridgehead atoms. The standard InChI is InChI=1S/C14H18BrNO4S/c1-3-4-10-7-14(17)16(9-10)21(18,19)13-8-11(15)5-6-12(13)20-2/h5-6,8,10H,3-4,7,9H2,1-2H3. The van der Waals surface area contributed by atoms with Crippen LogP contribution in [0.15, 0.2) is 27.6 Å². The summed E-state index contributed by atoms with van der Waals surface area (Å²) >= 11 is 3.25. The minimum atomic E-state index is -3.88. The summed E-state index contributed by atoms with van der Waals surface area (Å²) < 4.78 is 32.2. The van der Waals surface area contributed by atoms with Crippen molar-refractivity contribution in [2.75, 3.05) is 13.7 Å². The van der Waals surface area contributed by atoms with E-state index in [0.29, 0.717) is 10.9 Å². The minimum absolute atomic E-state index is 0.0184. The van der Waals surface area contributed by atoms with Crippen molar-refractivity contribution in [3.63, 3.8) is 0 Å². The van der Waals surface area contributed by atoms with Crippen LogP contribution in [0.2, 0.25) is 0 Å². The van der Waals surface area contributed by atoms with Gasteiger partial charge in [-0.3, -0.25) is 4.79 Å². The first-order valence-electron chi connectivity index (χ1n) is 6.79. The van der Waals surface area contributed by atoms with Crippen molar-refractivity contribution in [2.24, 2.45) is 5.92 Å². The molecule has 21 heavy (non-hydrogen) atoms. The summed E-state index contributed by atoms with van der Waals surface area (Å²) in [5.41, 5.74) is 0. The van der Waals surface area contributed by atoms with Crippen LogP contribution in [0.3, 0.4) is 0 Å². The molecule has 1 fully saturated rings. The number of amides is 1. The maximum absolute atomic E-state index is 12.7. The molecule has 7 heteroatoms. The Hall–Kier alpha value is -1.08. The molecule has 0 spiro atoms. The molecule has 0 radical (unpaired) electrons. The quantitative estimate of drug-likeness (QED) is 0.793. The van der Waals surface area contributed by atoms with Crippen LogP contribution >= 0.6 is 15.9 Å². The van der Waals surface area contributed by atoms with Crippen molar-refractivity contribution in [1.82, 2.24) is 4.31 Å². The van der Waals surface area contributed by atoms with Gasteiger partial charge in [-0.15, -0.1) is 0 Å². The summed E-state index contributed by atoms with van der Waals surface area (Å²) in [5.74, 6) is 0.0100. The van der Waals surface area contributed by atoms with E-state index in [4.69, 9.17) is 4.74 Å². The SMILES string of the molecule is CCCC1CC(=O)N(S(=O)(=O)c2cc(Br)ccc2OC)C1. The summed E-state index contributed by atoms with van der Waals surface area (Å²) in [7, 11) is -2.46. The molecule has 1 atom stereocenters. The van der Waals surface area contributed by atoms with Gasteiger partial charge in [0, 0.05) is 17.4 Å². The zero-order valence-electron chi connectivity index (χ0n) is 12.0. The van der Waals surface area contributed by atoms with Crippen molar-refractivity contribution in [3.05, 3.63) is 22.7 Å². The van der Waals surface area contributed by atoms with Gasteiger partial charge in [-0.1, -0.05) is 29.3 Å². The van der Waals surface area contributed by atoms with E-state index in [1.54, 1.807) is 12.1 Å². The van der Waals surface area contributed by atoms with E-state index in [-0.39, 0.29) is 29.0 Å². The van der Waals surface area contributed by atoms with E-state index in [1.807, 2.05) is 6.92 Å². The third-order valence-corrected chi connectivity index (χ3v) is 5.86. The molecule has 0 N–H and O–H groups in total. The van der Waals surface area contributed by atoms with E-state index in [0.717, 1.165) is 17.1 Å². The molecular formula is C14H18BrNO4S. The van der Waals surface area contributed by atoms with Gasteiger partial charge in [0.05, 0.1) is 7.11 Å². The first-order valence-corrected chi connectivity index (χ1v) is 9.02. The Morgan fingerprint density at radius 1 is 1.43 bits per heavy atom. The Bertz CT molecular complexity index is 644. The van der Waals surface area contributed by atoms with E-state index in [1.165, 1.54) is 13.2 Å². The van der Waals surface area contributed by atoms with Crippen molar-refractivity contribution in [1.29, 1.82) is 0 Å². The Morgan fingerprint density at radius 2 is 2.14 bits per heavy atom. The number of nitrogens with zero attached hydrogens (tertiary/aromatic N) is 1. The molecule has 5 nitrogen and oxygen atoms in total. The maximum Gasteiger partial charge on any atom is 0.270 e. The lowest BCUT2D eigenvalue weighted by Crippen LogP contribution is -2.32. The van der Waals surface area contributed by atoms with Gasteiger partial charge < -0.3 is 4.74 Å². The zero-order valence-corrected chi connectivity index (χ0v) is 14.4. The lowest BCUT2D eigenvalue weighted by atomic mass is 10.0. The second-order valence-corrected chi connectivity index (χ2v) is 7.83. The number of carbonyl (C=O) groups is 1. The highest BCUT2D eigenvalue weighted by atomic mass is 79.9. The lowest BCUT2D eigenvalue weighted by molar-refractivity contribution is -0.123. The number of benzene rings is 1. The summed E-state index contributed by atoms with van der Waals surface area (Å²) in [6.07, 6.45) is 2.09. The van der Waals surface area contributed by atoms with Crippen LogP contribution in [0.4, 0.5) is 0 Å². The molecule has 1 aliphatic heterocycles. The van der Waals surface area contributed by atoms with Gasteiger partial charge in [0.15, 0.2) is 0 Å². The van der Waals surface area contributed by atoms with Gasteiger partial charge in [0.1, 0.15) is 10.6 Å². The van der Waals surface area contributed by atoms with Gasteiger partial charge >= 0.3 is 0 Å². The van der Waals surface area contributed by atoms with Crippen LogP contribution in [0.25, 0.3) is 0 Å². The highest BCUT2D eigenvalue weighted by molar-refractivity contribution is 9.10. The molecule has 1 heterocycles. The molecule has 1 aromatic carbocycles. The number of methoxy groups -OCH3 is 1. The molecule has 2 rings (SSSR count). The Kier molecular flexibility index (Phi) is 4.93. The number of sulfonamides is 1. The Morgan fingerprint density at radius 3 is 2.76 bits per heavy atom. The van der Waals surface area contributed by atoms with Gasteiger partial charge in [-0.05, 0) is 30.5 Å². The Balaban J connectivity index is 2.39. The molecule has 1 aromatic rings. The van der Waals surface area contributed by atoms with Crippen molar-refractivity contribution in [3.8, 4) is 5.75 Å². The lowest BCUT2D eigenvalue weighted by Gasteiger charge is -2.19. The predicted molar refractivity (Wildman–Crippen MR) is 82.6 cm³/mol. The molecule has 0 aromatic heterocycles. The van der Waals surface area contributed by atoms with Crippen LogP contribution in [0.5, 0.6) is 5.75 Å². The average molecular weight is 376 g/mol. The third-order valence-electron chi connectivity index (χ3n) is 3.56. The largest absolute Gasteiger partial charge is 0.495 e. The number of halogens is 1. The highest BCUT2D eigenvalue weighted by Gasteiger charge is 2.39. The first kappa shape index (κ1) is 16.3. The number of ether oxygens (including phenoxy) is 1. The zero-order chi connectivity index (χ0) is 15.6. The van der Waals surface area contributed by atoms with Crippen LogP contribution in [-0.4, -0.2) is 32.3 Å². The summed E-state index contributed by atoms with van der Waals surface area (Å²) in [5, 5.41) is 0. The molecule has 1 unspecified atom stereocenters. The number of rotatable bonds is 5. The highest BCUT2D eigenvalue weighted by Crippen LogP contribution is 2.33. The number of hydrogen-bond acceptors (Lipinski definition) is 4. The number of hydrogen-bond donors (Lipinski definition) is 0. The summed E-state index contributed by atoms with van der Waals surface area (Å²) in [6.45, 7) is 2.28. The molecule has 0 saturated carbocycles. The van der Waals surface area contributed by atoms with Crippen LogP contribution in [-0.2, 0) is 14.8 Å². The molecular weight excluding hydrogens is 358 g/mol. The van der Waals surface area contributed by atoms with Gasteiger partial charge in [0.25, 0.3) is 10.0 Å². The molecule has 1 saturated heterocycles. The smallest absolute Gasteiger partial charge is 0.270 e. The minimum Gasteiger partial charge on any atom is -0.495 e. The summed E-state index contributed by atoms with van der Waals surface area (Å²) in [4.78, 5) is 12.1. The molecule has 0 aliphatic carbocycles. The molecule has 116 valence electrons. The van der Waals surface area contributed by atoms with Crippen LogP contribution < -0.4 is 4.74 Å². The van der Waals surface area contributed by atoms with E-state index in [2.05, 4.69) is 15.9 Å². The van der Waals surface area contributed by atoms with Crippen molar-refractivity contribution in [2.45, 2.75) is 31.1 Å². The normalized spacial score (nSPS) is 19.1. The Labute approximate surface area is 133 Å². The fourth-order valence-corrected chi connectivity index (χ4v) is 4.74. The second kappa shape index (κ2) is 6.36. The fraction of sp³-hybridized carbons (Fsp3) is 0.500. The van der Waals surface area contributed by atoms with E-state index in [9.17, 15) is 13.2 Å². The fourth-order valence-electron chi connectivity index (χ4n) is 2.55. The van der Waals surface area contributed by atoms with Crippen molar-refractivity contribution >= 4 is 31.9 Å². The third kappa shape index (κ3) is 3.23. The maximum atomic E-state index is 12.7. The predicted octanol–water partition coefficient (Wildman–Crippen LogP) is 2.80. The van der Waals surface area contributed by atoms with E-state index < -0.39 is 10.0 Å². The number of carbonyl (C=O) groups excluding carboxylic acids is 1. The molecule has 1 aliphatic rings. The average Bonchev–Trinajstić information content (AvgIpc) is 2.81. The van der Waals surface area contributed by atoms with Gasteiger partial charge in [-0.2, -0.15) is 0 Å². The van der Waals surface area contributed by atoms with Gasteiger partial charge in [-0.25, -0.2) is 12.7 Å². The van der Waals surface area contributed by atoms with Crippen LogP contribution in [0, 0.1) is 5.92 Å².